The number of nitrogens with one attached hydrogen (secondary N) is 2. The number of carbonyl (C=O) groups is 1. The zero-order chi connectivity index (χ0) is 19.5. The maximum atomic E-state index is 12.6. The van der Waals surface area contributed by atoms with Gasteiger partial charge in [-0.15, -0.1) is 0 Å². The van der Waals surface area contributed by atoms with Crippen LogP contribution in [0.25, 0.3) is 0 Å². The van der Waals surface area contributed by atoms with Crippen LogP contribution in [0.4, 0.5) is 0 Å². The molecule has 1 fully saturated rings. The lowest BCUT2D eigenvalue weighted by Crippen LogP contribution is -2.42. The van der Waals surface area contributed by atoms with Crippen molar-refractivity contribution in [2.45, 2.75) is 31.8 Å². The molecule has 0 saturated carbocycles. The molecule has 28 heavy (non-hydrogen) atoms. The van der Waals surface area contributed by atoms with E-state index in [4.69, 9.17) is 13.9 Å². The van der Waals surface area contributed by atoms with Crippen LogP contribution in [0.3, 0.4) is 0 Å². The number of benzene rings is 1. The SMILES string of the molecule is Cc1cc(C2CCNCC2)oc(=O)c1C(=O)NCC1COc2ccccc2O1. The molecule has 3 heterocycles. The van der Waals surface area contributed by atoms with Crippen molar-refractivity contribution in [3.63, 3.8) is 0 Å². The molecule has 0 radical (unpaired) electrons. The van der Waals surface area contributed by atoms with Gasteiger partial charge in [0.2, 0.25) is 0 Å². The lowest BCUT2D eigenvalue weighted by atomic mass is 9.94. The van der Waals surface area contributed by atoms with E-state index in [0.717, 1.165) is 25.9 Å². The molecule has 2 aromatic rings. The molecule has 0 aliphatic carbocycles. The van der Waals surface area contributed by atoms with Crippen molar-refractivity contribution in [1.29, 1.82) is 0 Å². The van der Waals surface area contributed by atoms with Crippen LogP contribution in [0.1, 0.15) is 40.4 Å². The predicted molar refractivity (Wildman–Crippen MR) is 103 cm³/mol. The van der Waals surface area contributed by atoms with Crippen molar-refractivity contribution in [3.05, 3.63) is 57.6 Å². The molecule has 148 valence electrons. The van der Waals surface area contributed by atoms with Gasteiger partial charge in [0.1, 0.15) is 24.0 Å². The van der Waals surface area contributed by atoms with Crippen LogP contribution in [-0.4, -0.2) is 38.3 Å². The third-order valence-corrected chi connectivity index (χ3v) is 5.19. The van der Waals surface area contributed by atoms with Gasteiger partial charge in [-0.1, -0.05) is 12.1 Å². The van der Waals surface area contributed by atoms with Gasteiger partial charge in [0.05, 0.1) is 6.54 Å². The Morgan fingerprint density at radius 3 is 2.71 bits per heavy atom. The summed E-state index contributed by atoms with van der Waals surface area (Å²) in [5, 5.41) is 6.06. The fourth-order valence-electron chi connectivity index (χ4n) is 3.67. The Morgan fingerprint density at radius 2 is 1.96 bits per heavy atom. The van der Waals surface area contributed by atoms with Crippen LogP contribution < -0.4 is 25.7 Å². The second kappa shape index (κ2) is 8.06. The molecule has 2 N–H and O–H groups in total. The molecule has 7 heteroatoms. The van der Waals surface area contributed by atoms with Crippen LogP contribution in [-0.2, 0) is 0 Å². The minimum atomic E-state index is -0.586. The first-order valence-corrected chi connectivity index (χ1v) is 9.64. The number of amides is 1. The maximum absolute atomic E-state index is 12.6. The molecule has 1 aromatic heterocycles. The number of ether oxygens (including phenoxy) is 2. The van der Waals surface area contributed by atoms with Gasteiger partial charge in [0, 0.05) is 5.92 Å². The third kappa shape index (κ3) is 3.89. The molecule has 4 rings (SSSR count). The van der Waals surface area contributed by atoms with E-state index in [1.54, 1.807) is 6.92 Å². The normalized spacial score (nSPS) is 19.2. The monoisotopic (exact) mass is 384 g/mol. The van der Waals surface area contributed by atoms with Gasteiger partial charge in [-0.2, -0.15) is 0 Å². The van der Waals surface area contributed by atoms with E-state index in [0.29, 0.717) is 29.4 Å². The minimum absolute atomic E-state index is 0.0508. The first-order chi connectivity index (χ1) is 13.6. The minimum Gasteiger partial charge on any atom is -0.486 e. The summed E-state index contributed by atoms with van der Waals surface area (Å²) < 4.78 is 17.0. The Bertz CT molecular complexity index is 917. The zero-order valence-corrected chi connectivity index (χ0v) is 15.8. The number of piperidine rings is 1. The zero-order valence-electron chi connectivity index (χ0n) is 15.8. The Balaban J connectivity index is 1.41. The summed E-state index contributed by atoms with van der Waals surface area (Å²) in [6, 6.07) is 9.22. The molecular weight excluding hydrogens is 360 g/mol. The van der Waals surface area contributed by atoms with Crippen LogP contribution in [0.2, 0.25) is 0 Å². The number of rotatable bonds is 4. The van der Waals surface area contributed by atoms with Crippen LogP contribution >= 0.6 is 0 Å². The molecule has 1 aromatic carbocycles. The molecule has 1 atom stereocenters. The molecule has 1 saturated heterocycles. The molecule has 0 spiro atoms. The Morgan fingerprint density at radius 1 is 1.21 bits per heavy atom. The average Bonchev–Trinajstić information content (AvgIpc) is 2.72. The van der Waals surface area contributed by atoms with Gasteiger partial charge in [-0.05, 0) is 56.6 Å². The molecule has 2 aliphatic rings. The number of para-hydroxylation sites is 2. The van der Waals surface area contributed by atoms with Gasteiger partial charge < -0.3 is 24.5 Å². The second-order valence-electron chi connectivity index (χ2n) is 7.23. The predicted octanol–water partition coefficient (Wildman–Crippen LogP) is 1.99. The Hall–Kier alpha value is -2.80. The standard InChI is InChI=1S/C21H24N2O5/c1-13-10-18(14-6-8-22-9-7-14)28-21(25)19(13)20(24)23-11-15-12-26-16-4-2-3-5-17(16)27-15/h2-5,10,14-15,22H,6-9,11-12H2,1H3,(H,23,24). The van der Waals surface area contributed by atoms with E-state index >= 15 is 0 Å². The molecule has 1 amide bonds. The lowest BCUT2D eigenvalue weighted by Gasteiger charge is -2.26. The van der Waals surface area contributed by atoms with Crippen molar-refractivity contribution >= 4 is 5.91 Å². The van der Waals surface area contributed by atoms with Crippen LogP contribution in [0.15, 0.2) is 39.5 Å². The van der Waals surface area contributed by atoms with Crippen molar-refractivity contribution in [2.75, 3.05) is 26.2 Å². The van der Waals surface area contributed by atoms with E-state index < -0.39 is 11.5 Å². The van der Waals surface area contributed by atoms with Gasteiger partial charge in [-0.25, -0.2) is 4.79 Å². The van der Waals surface area contributed by atoms with Gasteiger partial charge in [-0.3, -0.25) is 4.79 Å². The molecule has 2 aliphatic heterocycles. The Labute approximate surface area is 163 Å². The van der Waals surface area contributed by atoms with Crippen molar-refractivity contribution in [3.8, 4) is 11.5 Å². The largest absolute Gasteiger partial charge is 0.486 e. The van der Waals surface area contributed by atoms with Gasteiger partial charge in [0.15, 0.2) is 11.5 Å². The van der Waals surface area contributed by atoms with E-state index in [9.17, 15) is 9.59 Å². The first-order valence-electron chi connectivity index (χ1n) is 9.64. The summed E-state index contributed by atoms with van der Waals surface area (Å²) in [6.45, 7) is 4.15. The average molecular weight is 384 g/mol. The first kappa shape index (κ1) is 18.6. The van der Waals surface area contributed by atoms with Crippen molar-refractivity contribution < 1.29 is 18.7 Å². The number of aryl methyl sites for hydroxylation is 1. The summed E-state index contributed by atoms with van der Waals surface area (Å²) in [4.78, 5) is 25.0. The smallest absolute Gasteiger partial charge is 0.349 e. The van der Waals surface area contributed by atoms with E-state index in [-0.39, 0.29) is 24.1 Å². The van der Waals surface area contributed by atoms with Gasteiger partial charge >= 0.3 is 5.63 Å². The van der Waals surface area contributed by atoms with E-state index in [1.807, 2.05) is 30.3 Å². The summed E-state index contributed by atoms with van der Waals surface area (Å²) in [6.07, 6.45) is 1.53. The maximum Gasteiger partial charge on any atom is 0.349 e. The summed E-state index contributed by atoms with van der Waals surface area (Å²) in [5.41, 5.74) is 0.0976. The van der Waals surface area contributed by atoms with E-state index in [1.165, 1.54) is 0 Å². The fourth-order valence-corrected chi connectivity index (χ4v) is 3.67. The summed E-state index contributed by atoms with van der Waals surface area (Å²) >= 11 is 0. The highest BCUT2D eigenvalue weighted by Gasteiger charge is 2.25. The van der Waals surface area contributed by atoms with Gasteiger partial charge in [0.25, 0.3) is 5.91 Å². The third-order valence-electron chi connectivity index (χ3n) is 5.19. The highest BCUT2D eigenvalue weighted by atomic mass is 16.6. The lowest BCUT2D eigenvalue weighted by molar-refractivity contribution is 0.0786. The second-order valence-corrected chi connectivity index (χ2v) is 7.23. The highest BCUT2D eigenvalue weighted by Crippen LogP contribution is 2.30. The van der Waals surface area contributed by atoms with Crippen LogP contribution in [0, 0.1) is 6.92 Å². The molecule has 1 unspecified atom stereocenters. The number of carbonyl (C=O) groups excluding carboxylic acids is 1. The number of fused-ring (bicyclic) bond motifs is 1. The summed E-state index contributed by atoms with van der Waals surface area (Å²) in [7, 11) is 0. The van der Waals surface area contributed by atoms with Crippen molar-refractivity contribution in [1.82, 2.24) is 10.6 Å². The molecular formula is C21H24N2O5. The quantitative estimate of drug-likeness (QED) is 0.838. The van der Waals surface area contributed by atoms with Crippen molar-refractivity contribution in [2.24, 2.45) is 0 Å². The molecule has 0 bridgehead atoms. The summed E-state index contributed by atoms with van der Waals surface area (Å²) in [5.74, 6) is 1.77. The van der Waals surface area contributed by atoms with E-state index in [2.05, 4.69) is 10.6 Å². The van der Waals surface area contributed by atoms with Crippen LogP contribution in [0.5, 0.6) is 11.5 Å². The topological polar surface area (TPSA) is 89.8 Å². The number of hydrogen-bond donors (Lipinski definition) is 2. The highest BCUT2D eigenvalue weighted by molar-refractivity contribution is 5.95. The Kier molecular flexibility index (Phi) is 5.34. The molecule has 7 nitrogen and oxygen atoms in total. The fraction of sp³-hybridized carbons (Fsp3) is 0.429. The number of hydrogen-bond acceptors (Lipinski definition) is 6.